The van der Waals surface area contributed by atoms with E-state index in [1.165, 1.54) is 0 Å². The van der Waals surface area contributed by atoms with E-state index in [1.54, 1.807) is 6.20 Å². The number of aryl methyl sites for hydroxylation is 2. The largest absolute Gasteiger partial charge is 0.385 e. The van der Waals surface area contributed by atoms with Gasteiger partial charge in [0.05, 0.1) is 5.60 Å². The van der Waals surface area contributed by atoms with Gasteiger partial charge >= 0.3 is 0 Å². The second-order valence-electron chi connectivity index (χ2n) is 4.59. The molecule has 0 radical (unpaired) electrons. The molecule has 1 aromatic heterocycles. The number of aliphatic hydroxyl groups is 1. The van der Waals surface area contributed by atoms with Gasteiger partial charge in [-0.1, -0.05) is 30.3 Å². The Balaban J connectivity index is 2.06. The first-order chi connectivity index (χ1) is 8.09. The maximum Gasteiger partial charge on any atom is 0.108 e. The minimum atomic E-state index is -0.798. The molecule has 0 saturated carbocycles. The predicted molar refractivity (Wildman–Crippen MR) is 67.5 cm³/mol. The van der Waals surface area contributed by atoms with Gasteiger partial charge in [-0.3, -0.25) is 0 Å². The Labute approximate surface area is 102 Å². The van der Waals surface area contributed by atoms with Crippen molar-refractivity contribution in [2.45, 2.75) is 25.4 Å². The van der Waals surface area contributed by atoms with E-state index in [-0.39, 0.29) is 0 Å². The minimum Gasteiger partial charge on any atom is -0.385 e. The summed E-state index contributed by atoms with van der Waals surface area (Å²) in [5.41, 5.74) is 0.155. The van der Waals surface area contributed by atoms with E-state index in [4.69, 9.17) is 0 Å². The zero-order chi connectivity index (χ0) is 12.3. The topological polar surface area (TPSA) is 38.0 Å². The van der Waals surface area contributed by atoms with Crippen molar-refractivity contribution in [3.8, 4) is 0 Å². The summed E-state index contributed by atoms with van der Waals surface area (Å²) < 4.78 is 1.99. The van der Waals surface area contributed by atoms with Gasteiger partial charge in [0.25, 0.3) is 0 Å². The Hall–Kier alpha value is -1.61. The number of benzene rings is 1. The first-order valence-corrected chi connectivity index (χ1v) is 5.84. The molecule has 1 N–H and O–H groups in total. The van der Waals surface area contributed by atoms with E-state index in [1.807, 2.05) is 55.1 Å². The Morgan fingerprint density at radius 1 is 1.29 bits per heavy atom. The molecule has 1 unspecified atom stereocenters. The molecule has 0 amide bonds. The van der Waals surface area contributed by atoms with E-state index < -0.39 is 5.60 Å². The van der Waals surface area contributed by atoms with Crippen molar-refractivity contribution in [2.24, 2.45) is 7.05 Å². The summed E-state index contributed by atoms with van der Waals surface area (Å²) in [6.07, 6.45) is 5.15. The van der Waals surface area contributed by atoms with E-state index in [2.05, 4.69) is 4.98 Å². The molecule has 0 spiro atoms. The molecule has 0 aliphatic heterocycles. The number of hydrogen-bond donors (Lipinski definition) is 1. The van der Waals surface area contributed by atoms with Crippen molar-refractivity contribution in [2.75, 3.05) is 0 Å². The molecule has 0 aliphatic carbocycles. The van der Waals surface area contributed by atoms with Crippen molar-refractivity contribution in [1.29, 1.82) is 0 Å². The molecule has 0 bridgehead atoms. The highest BCUT2D eigenvalue weighted by Gasteiger charge is 2.22. The quantitative estimate of drug-likeness (QED) is 0.875. The van der Waals surface area contributed by atoms with Crippen LogP contribution in [0, 0.1) is 0 Å². The molecule has 2 aromatic rings. The smallest absolute Gasteiger partial charge is 0.108 e. The van der Waals surface area contributed by atoms with Crippen LogP contribution in [0.15, 0.2) is 42.7 Å². The maximum atomic E-state index is 10.4. The van der Waals surface area contributed by atoms with E-state index >= 15 is 0 Å². The fourth-order valence-corrected chi connectivity index (χ4v) is 1.93. The van der Waals surface area contributed by atoms with Gasteiger partial charge in [0.15, 0.2) is 0 Å². The second-order valence-corrected chi connectivity index (χ2v) is 4.59. The average Bonchev–Trinajstić information content (AvgIpc) is 2.74. The molecule has 90 valence electrons. The molecular formula is C14H18N2O. The molecule has 3 nitrogen and oxygen atoms in total. The standard InChI is InChI=1S/C14H18N2O/c1-14(17,12-6-4-3-5-7-12)9-8-13-15-10-11-16(13)2/h3-7,10-11,17H,8-9H2,1-2H3. The third-order valence-electron chi connectivity index (χ3n) is 3.15. The molecule has 0 aliphatic rings. The van der Waals surface area contributed by atoms with E-state index in [0.29, 0.717) is 6.42 Å². The molecule has 0 saturated heterocycles. The van der Waals surface area contributed by atoms with Crippen LogP contribution in [-0.2, 0) is 19.1 Å². The van der Waals surface area contributed by atoms with E-state index in [0.717, 1.165) is 17.8 Å². The summed E-state index contributed by atoms with van der Waals surface area (Å²) in [7, 11) is 1.97. The lowest BCUT2D eigenvalue weighted by molar-refractivity contribution is 0.0473. The zero-order valence-corrected chi connectivity index (χ0v) is 10.3. The highest BCUT2D eigenvalue weighted by Crippen LogP contribution is 2.25. The van der Waals surface area contributed by atoms with Crippen molar-refractivity contribution in [3.05, 3.63) is 54.1 Å². The number of aromatic nitrogens is 2. The van der Waals surface area contributed by atoms with Gasteiger partial charge in [-0.2, -0.15) is 0 Å². The van der Waals surface area contributed by atoms with Crippen LogP contribution in [0.4, 0.5) is 0 Å². The average molecular weight is 230 g/mol. The number of imidazole rings is 1. The van der Waals surface area contributed by atoms with Crippen LogP contribution in [0.5, 0.6) is 0 Å². The normalized spacial score (nSPS) is 14.5. The first kappa shape index (κ1) is 11.9. The van der Waals surface area contributed by atoms with Crippen LogP contribution in [0.2, 0.25) is 0 Å². The van der Waals surface area contributed by atoms with Crippen molar-refractivity contribution in [1.82, 2.24) is 9.55 Å². The molecule has 1 heterocycles. The van der Waals surface area contributed by atoms with Gasteiger partial charge in [-0.05, 0) is 18.9 Å². The van der Waals surface area contributed by atoms with Gasteiger partial charge in [0.2, 0.25) is 0 Å². The number of hydrogen-bond acceptors (Lipinski definition) is 2. The summed E-state index contributed by atoms with van der Waals surface area (Å²) >= 11 is 0. The van der Waals surface area contributed by atoms with Crippen LogP contribution in [0.1, 0.15) is 24.7 Å². The number of rotatable bonds is 4. The zero-order valence-electron chi connectivity index (χ0n) is 10.3. The summed E-state index contributed by atoms with van der Waals surface area (Å²) in [5, 5.41) is 10.4. The third-order valence-corrected chi connectivity index (χ3v) is 3.15. The first-order valence-electron chi connectivity index (χ1n) is 5.84. The molecule has 2 rings (SSSR count). The van der Waals surface area contributed by atoms with Crippen LogP contribution in [0.3, 0.4) is 0 Å². The fraction of sp³-hybridized carbons (Fsp3) is 0.357. The SMILES string of the molecule is Cn1ccnc1CCC(C)(O)c1ccccc1. The Bertz CT molecular complexity index is 474. The predicted octanol–water partition coefficient (Wildman–Crippen LogP) is 2.26. The highest BCUT2D eigenvalue weighted by atomic mass is 16.3. The molecule has 1 aromatic carbocycles. The third kappa shape index (κ3) is 2.74. The fourth-order valence-electron chi connectivity index (χ4n) is 1.93. The molecule has 0 fully saturated rings. The van der Waals surface area contributed by atoms with Crippen LogP contribution in [-0.4, -0.2) is 14.7 Å². The monoisotopic (exact) mass is 230 g/mol. The summed E-state index contributed by atoms with van der Waals surface area (Å²) in [6, 6.07) is 9.77. The van der Waals surface area contributed by atoms with Gasteiger partial charge in [0.1, 0.15) is 5.82 Å². The van der Waals surface area contributed by atoms with Gasteiger partial charge in [0, 0.05) is 25.9 Å². The summed E-state index contributed by atoms with van der Waals surface area (Å²) in [4.78, 5) is 4.26. The Morgan fingerprint density at radius 2 is 2.00 bits per heavy atom. The lowest BCUT2D eigenvalue weighted by atomic mass is 9.91. The molecule has 3 heteroatoms. The van der Waals surface area contributed by atoms with Crippen molar-refractivity contribution >= 4 is 0 Å². The maximum absolute atomic E-state index is 10.4. The molecule has 1 atom stereocenters. The molecule has 17 heavy (non-hydrogen) atoms. The second kappa shape index (κ2) is 4.72. The van der Waals surface area contributed by atoms with Gasteiger partial charge in [-0.25, -0.2) is 4.98 Å². The minimum absolute atomic E-state index is 0.669. The highest BCUT2D eigenvalue weighted by molar-refractivity contribution is 5.21. The van der Waals surface area contributed by atoms with Crippen LogP contribution in [0.25, 0.3) is 0 Å². The molecular weight excluding hydrogens is 212 g/mol. The van der Waals surface area contributed by atoms with Gasteiger partial charge < -0.3 is 9.67 Å². The lowest BCUT2D eigenvalue weighted by Gasteiger charge is -2.23. The van der Waals surface area contributed by atoms with Crippen LogP contribution >= 0.6 is 0 Å². The summed E-state index contributed by atoms with van der Waals surface area (Å²) in [6.45, 7) is 1.85. The van der Waals surface area contributed by atoms with Crippen molar-refractivity contribution < 1.29 is 5.11 Å². The van der Waals surface area contributed by atoms with Gasteiger partial charge in [-0.15, -0.1) is 0 Å². The Kier molecular flexibility index (Phi) is 3.29. The van der Waals surface area contributed by atoms with Crippen molar-refractivity contribution in [3.63, 3.8) is 0 Å². The van der Waals surface area contributed by atoms with Crippen LogP contribution < -0.4 is 0 Å². The Morgan fingerprint density at radius 3 is 2.59 bits per heavy atom. The summed E-state index contributed by atoms with van der Waals surface area (Å²) in [5.74, 6) is 1.00. The lowest BCUT2D eigenvalue weighted by Crippen LogP contribution is -2.22. The number of nitrogens with zero attached hydrogens (tertiary/aromatic N) is 2. The van der Waals surface area contributed by atoms with E-state index in [9.17, 15) is 5.11 Å².